The average molecular weight is 298 g/mol. The number of H-pyrrole nitrogens is 1. The molecule has 0 spiro atoms. The number of carbonyl (C=O) groups excluding carboxylic acids is 1. The van der Waals surface area contributed by atoms with Crippen molar-refractivity contribution in [2.24, 2.45) is 5.92 Å². The molecule has 0 bridgehead atoms. The van der Waals surface area contributed by atoms with Crippen LogP contribution in [0.25, 0.3) is 11.4 Å². The van der Waals surface area contributed by atoms with Crippen LogP contribution in [0.15, 0.2) is 24.3 Å². The third-order valence-corrected chi connectivity index (χ3v) is 4.23. The Labute approximate surface area is 130 Å². The van der Waals surface area contributed by atoms with Gasteiger partial charge in [-0.3, -0.25) is 9.89 Å². The Morgan fingerprint density at radius 1 is 1.27 bits per heavy atom. The van der Waals surface area contributed by atoms with Crippen LogP contribution in [0.2, 0.25) is 0 Å². The molecular formula is C17H22N4O. The number of nitrogens with one attached hydrogen (secondary N) is 2. The van der Waals surface area contributed by atoms with Gasteiger partial charge >= 0.3 is 0 Å². The van der Waals surface area contributed by atoms with Crippen LogP contribution >= 0.6 is 0 Å². The van der Waals surface area contributed by atoms with Crippen molar-refractivity contribution in [1.82, 2.24) is 20.5 Å². The molecule has 0 radical (unpaired) electrons. The van der Waals surface area contributed by atoms with Gasteiger partial charge in [-0.2, -0.15) is 5.10 Å². The first-order chi connectivity index (χ1) is 10.7. The van der Waals surface area contributed by atoms with Crippen LogP contribution in [0.3, 0.4) is 0 Å². The summed E-state index contributed by atoms with van der Waals surface area (Å²) in [4.78, 5) is 16.4. The first-order valence-corrected chi connectivity index (χ1v) is 7.98. The number of carbonyl (C=O) groups is 1. The smallest absolute Gasteiger partial charge is 0.223 e. The van der Waals surface area contributed by atoms with Crippen molar-refractivity contribution >= 4 is 5.91 Å². The van der Waals surface area contributed by atoms with Crippen molar-refractivity contribution in [3.05, 3.63) is 35.7 Å². The minimum Gasteiger partial charge on any atom is -0.355 e. The molecule has 116 valence electrons. The Balaban J connectivity index is 1.51. The molecule has 0 atom stereocenters. The SMILES string of the molecule is Cc1ccc(-c2n[nH]c(CCNC(=O)C3CCCC3)n2)cc1. The van der Waals surface area contributed by atoms with Gasteiger partial charge in [0.05, 0.1) is 0 Å². The first kappa shape index (κ1) is 14.8. The first-order valence-electron chi connectivity index (χ1n) is 7.98. The number of aryl methyl sites for hydroxylation is 1. The molecule has 1 heterocycles. The Hall–Kier alpha value is -2.17. The van der Waals surface area contributed by atoms with Crippen molar-refractivity contribution < 1.29 is 4.79 Å². The van der Waals surface area contributed by atoms with Crippen molar-refractivity contribution in [2.45, 2.75) is 39.0 Å². The molecule has 2 aromatic rings. The van der Waals surface area contributed by atoms with Crippen molar-refractivity contribution in [2.75, 3.05) is 6.54 Å². The Bertz CT molecular complexity index is 626. The van der Waals surface area contributed by atoms with Gasteiger partial charge in [-0.05, 0) is 19.8 Å². The lowest BCUT2D eigenvalue weighted by Gasteiger charge is -2.09. The largest absolute Gasteiger partial charge is 0.355 e. The van der Waals surface area contributed by atoms with Gasteiger partial charge in [-0.1, -0.05) is 42.7 Å². The normalized spacial score (nSPS) is 15.1. The van der Waals surface area contributed by atoms with E-state index in [9.17, 15) is 4.79 Å². The van der Waals surface area contributed by atoms with Gasteiger partial charge in [-0.15, -0.1) is 0 Å². The summed E-state index contributed by atoms with van der Waals surface area (Å²) in [7, 11) is 0. The molecular weight excluding hydrogens is 276 g/mol. The van der Waals surface area contributed by atoms with E-state index in [-0.39, 0.29) is 11.8 Å². The number of nitrogens with zero attached hydrogens (tertiary/aromatic N) is 2. The van der Waals surface area contributed by atoms with Crippen molar-refractivity contribution in [1.29, 1.82) is 0 Å². The standard InChI is InChI=1S/C17H22N4O/c1-12-6-8-13(9-7-12)16-19-15(20-21-16)10-11-18-17(22)14-4-2-3-5-14/h6-9,14H,2-5,10-11H2,1H3,(H,18,22)(H,19,20,21). The number of benzene rings is 1. The minimum absolute atomic E-state index is 0.191. The van der Waals surface area contributed by atoms with Gasteiger partial charge in [0, 0.05) is 24.4 Å². The summed E-state index contributed by atoms with van der Waals surface area (Å²) in [6.07, 6.45) is 5.11. The van der Waals surface area contributed by atoms with E-state index in [4.69, 9.17) is 0 Å². The van der Waals surface area contributed by atoms with E-state index < -0.39 is 0 Å². The number of aromatic amines is 1. The van der Waals surface area contributed by atoms with Crippen LogP contribution in [0.5, 0.6) is 0 Å². The molecule has 0 aliphatic heterocycles. The number of hydrogen-bond acceptors (Lipinski definition) is 3. The Morgan fingerprint density at radius 3 is 2.73 bits per heavy atom. The van der Waals surface area contributed by atoms with E-state index in [0.717, 1.165) is 24.2 Å². The van der Waals surface area contributed by atoms with Gasteiger partial charge in [0.1, 0.15) is 5.82 Å². The van der Waals surface area contributed by atoms with Gasteiger partial charge in [0.25, 0.3) is 0 Å². The number of aromatic nitrogens is 3. The lowest BCUT2D eigenvalue weighted by Crippen LogP contribution is -2.31. The molecule has 22 heavy (non-hydrogen) atoms. The third kappa shape index (κ3) is 3.53. The predicted octanol–water partition coefficient (Wildman–Crippen LogP) is 2.63. The summed E-state index contributed by atoms with van der Waals surface area (Å²) in [5.74, 6) is 1.92. The summed E-state index contributed by atoms with van der Waals surface area (Å²) < 4.78 is 0. The van der Waals surface area contributed by atoms with Gasteiger partial charge < -0.3 is 5.32 Å². The molecule has 5 heteroatoms. The van der Waals surface area contributed by atoms with Crippen LogP contribution in [-0.2, 0) is 11.2 Å². The molecule has 3 rings (SSSR count). The van der Waals surface area contributed by atoms with Crippen molar-refractivity contribution in [3.8, 4) is 11.4 Å². The second kappa shape index (κ2) is 6.73. The molecule has 5 nitrogen and oxygen atoms in total. The highest BCUT2D eigenvalue weighted by Gasteiger charge is 2.22. The molecule has 1 aliphatic rings. The predicted molar refractivity (Wildman–Crippen MR) is 85.2 cm³/mol. The summed E-state index contributed by atoms with van der Waals surface area (Å²) in [5, 5.41) is 10.2. The molecule has 0 saturated heterocycles. The molecule has 2 N–H and O–H groups in total. The minimum atomic E-state index is 0.191. The highest BCUT2D eigenvalue weighted by Crippen LogP contribution is 2.24. The highest BCUT2D eigenvalue weighted by atomic mass is 16.1. The van der Waals surface area contributed by atoms with Gasteiger partial charge in [-0.25, -0.2) is 4.98 Å². The number of hydrogen-bond donors (Lipinski definition) is 2. The fourth-order valence-corrected chi connectivity index (χ4v) is 2.88. The van der Waals surface area contributed by atoms with E-state index in [2.05, 4.69) is 27.4 Å². The molecule has 0 unspecified atom stereocenters. The summed E-state index contributed by atoms with van der Waals surface area (Å²) in [6, 6.07) is 8.13. The zero-order chi connectivity index (χ0) is 15.4. The van der Waals surface area contributed by atoms with Crippen LogP contribution in [-0.4, -0.2) is 27.6 Å². The quantitative estimate of drug-likeness (QED) is 0.891. The lowest BCUT2D eigenvalue weighted by molar-refractivity contribution is -0.124. The second-order valence-corrected chi connectivity index (χ2v) is 5.99. The van der Waals surface area contributed by atoms with E-state index >= 15 is 0 Å². The summed E-state index contributed by atoms with van der Waals surface area (Å²) >= 11 is 0. The Kier molecular flexibility index (Phi) is 4.51. The summed E-state index contributed by atoms with van der Waals surface area (Å²) in [5.41, 5.74) is 2.22. The van der Waals surface area contributed by atoms with Crippen LogP contribution < -0.4 is 5.32 Å². The van der Waals surface area contributed by atoms with Crippen molar-refractivity contribution in [3.63, 3.8) is 0 Å². The maximum atomic E-state index is 11.9. The van der Waals surface area contributed by atoms with E-state index in [0.29, 0.717) is 18.8 Å². The zero-order valence-electron chi connectivity index (χ0n) is 12.9. The molecule has 1 aromatic heterocycles. The number of rotatable bonds is 5. The second-order valence-electron chi connectivity index (χ2n) is 5.99. The lowest BCUT2D eigenvalue weighted by atomic mass is 10.1. The monoisotopic (exact) mass is 298 g/mol. The molecule has 1 amide bonds. The third-order valence-electron chi connectivity index (χ3n) is 4.23. The van der Waals surface area contributed by atoms with Crippen LogP contribution in [0.1, 0.15) is 37.1 Å². The van der Waals surface area contributed by atoms with E-state index in [1.807, 2.05) is 24.3 Å². The molecule has 1 aliphatic carbocycles. The fourth-order valence-electron chi connectivity index (χ4n) is 2.88. The molecule has 1 fully saturated rings. The topological polar surface area (TPSA) is 70.7 Å². The molecule has 1 saturated carbocycles. The van der Waals surface area contributed by atoms with E-state index in [1.54, 1.807) is 0 Å². The fraction of sp³-hybridized carbons (Fsp3) is 0.471. The number of amides is 1. The van der Waals surface area contributed by atoms with Gasteiger partial charge in [0.15, 0.2) is 5.82 Å². The maximum absolute atomic E-state index is 11.9. The maximum Gasteiger partial charge on any atom is 0.223 e. The van der Waals surface area contributed by atoms with Gasteiger partial charge in [0.2, 0.25) is 5.91 Å². The average Bonchev–Trinajstić information content (AvgIpc) is 3.19. The van der Waals surface area contributed by atoms with Crippen LogP contribution in [0.4, 0.5) is 0 Å². The van der Waals surface area contributed by atoms with E-state index in [1.165, 1.54) is 18.4 Å². The zero-order valence-corrected chi connectivity index (χ0v) is 12.9. The highest BCUT2D eigenvalue weighted by molar-refractivity contribution is 5.78. The van der Waals surface area contributed by atoms with Crippen LogP contribution in [0, 0.1) is 12.8 Å². The summed E-state index contributed by atoms with van der Waals surface area (Å²) in [6.45, 7) is 2.66. The Morgan fingerprint density at radius 2 is 2.00 bits per heavy atom. The molecule has 1 aromatic carbocycles.